The van der Waals surface area contributed by atoms with Gasteiger partial charge in [0.1, 0.15) is 30.6 Å². The lowest BCUT2D eigenvalue weighted by atomic mass is 10.0. The Hall–Kier alpha value is -3.27. The largest absolute Gasteiger partial charge is 0.459 e. The van der Waals surface area contributed by atoms with Gasteiger partial charge in [-0.25, -0.2) is 14.3 Å². The lowest BCUT2D eigenvalue weighted by Gasteiger charge is -2.22. The van der Waals surface area contributed by atoms with Crippen LogP contribution < -0.4 is 5.73 Å². The first-order chi connectivity index (χ1) is 15.0. The molecule has 0 aromatic carbocycles. The molecule has 2 aromatic rings. The summed E-state index contributed by atoms with van der Waals surface area (Å²) in [6, 6.07) is 5.72. The van der Waals surface area contributed by atoms with Gasteiger partial charge in [0, 0.05) is 12.8 Å². The minimum Gasteiger partial charge on any atom is -0.459 e. The van der Waals surface area contributed by atoms with E-state index in [-0.39, 0.29) is 19.4 Å². The molecule has 0 spiro atoms. The number of anilines is 1. The fraction of sp³-hybridized carbons (Fsp3) is 0.550. The highest BCUT2D eigenvalue weighted by atomic mass is 16.6. The third kappa shape index (κ3) is 5.50. The van der Waals surface area contributed by atoms with Crippen LogP contribution in [-0.4, -0.2) is 60.8 Å². The average molecular weight is 447 g/mol. The van der Waals surface area contributed by atoms with Crippen LogP contribution >= 0.6 is 0 Å². The van der Waals surface area contributed by atoms with E-state index in [0.717, 1.165) is 5.69 Å². The van der Waals surface area contributed by atoms with Crippen LogP contribution in [0.5, 0.6) is 0 Å². The summed E-state index contributed by atoms with van der Waals surface area (Å²) in [7, 11) is 0. The highest BCUT2D eigenvalue weighted by molar-refractivity contribution is 5.82. The molecule has 12 nitrogen and oxygen atoms in total. The van der Waals surface area contributed by atoms with Crippen molar-refractivity contribution in [1.29, 1.82) is 5.26 Å². The fourth-order valence-electron chi connectivity index (χ4n) is 3.37. The Bertz CT molecular complexity index is 1040. The normalized spacial score (nSPS) is 25.0. The minimum absolute atomic E-state index is 0.189. The number of nitrogen functional groups attached to an aromatic ring is 1. The van der Waals surface area contributed by atoms with Crippen molar-refractivity contribution in [2.24, 2.45) is 0 Å². The monoisotopic (exact) mass is 447 g/mol. The molecule has 2 fully saturated rings. The first-order valence-corrected chi connectivity index (χ1v) is 9.99. The number of nitrogens with zero attached hydrogens (tertiary/aromatic N) is 4. The number of hydrogen-bond donors (Lipinski definition) is 3. The van der Waals surface area contributed by atoms with Crippen LogP contribution in [0.15, 0.2) is 18.5 Å². The Morgan fingerprint density at radius 1 is 1.44 bits per heavy atom. The Kier molecular flexibility index (Phi) is 6.63. The zero-order valence-electron chi connectivity index (χ0n) is 17.7. The van der Waals surface area contributed by atoms with E-state index in [0.29, 0.717) is 24.2 Å². The SMILES string of the molecule is CC(C)(O)O.N#C[C@@]1(COC(=O)[C@H]2CCC(=O)O2)CC[C@H](c2ccc3c(N)ncnn23)O1. The Morgan fingerprint density at radius 3 is 2.78 bits per heavy atom. The summed E-state index contributed by atoms with van der Waals surface area (Å²) >= 11 is 0. The number of nitriles is 1. The highest BCUT2D eigenvalue weighted by Gasteiger charge is 2.44. The van der Waals surface area contributed by atoms with Crippen LogP contribution in [0.4, 0.5) is 5.82 Å². The maximum absolute atomic E-state index is 12.0. The summed E-state index contributed by atoms with van der Waals surface area (Å²) < 4.78 is 17.7. The first-order valence-electron chi connectivity index (χ1n) is 9.99. The van der Waals surface area contributed by atoms with Crippen molar-refractivity contribution in [3.63, 3.8) is 0 Å². The van der Waals surface area contributed by atoms with E-state index in [2.05, 4.69) is 16.2 Å². The molecule has 0 amide bonds. The second kappa shape index (κ2) is 9.07. The molecule has 4 heterocycles. The number of rotatable bonds is 4. The van der Waals surface area contributed by atoms with Gasteiger partial charge in [0.15, 0.2) is 23.3 Å². The van der Waals surface area contributed by atoms with E-state index in [1.807, 2.05) is 6.07 Å². The van der Waals surface area contributed by atoms with Gasteiger partial charge in [-0.05, 0) is 38.8 Å². The van der Waals surface area contributed by atoms with Crippen molar-refractivity contribution in [2.75, 3.05) is 12.3 Å². The van der Waals surface area contributed by atoms with E-state index in [4.69, 9.17) is 30.2 Å². The van der Waals surface area contributed by atoms with Crippen molar-refractivity contribution < 1.29 is 34.0 Å². The summed E-state index contributed by atoms with van der Waals surface area (Å²) in [5, 5.41) is 29.9. The van der Waals surface area contributed by atoms with Crippen molar-refractivity contribution in [1.82, 2.24) is 14.6 Å². The molecule has 2 aliphatic rings. The number of ether oxygens (including phenoxy) is 3. The van der Waals surface area contributed by atoms with Gasteiger partial charge in [0.2, 0.25) is 0 Å². The number of carbonyl (C=O) groups excluding carboxylic acids is 2. The van der Waals surface area contributed by atoms with Crippen molar-refractivity contribution >= 4 is 23.3 Å². The lowest BCUT2D eigenvalue weighted by molar-refractivity contribution is -0.166. The minimum atomic E-state index is -1.50. The molecular formula is C20H25N5O7. The van der Waals surface area contributed by atoms with Gasteiger partial charge in [-0.3, -0.25) is 4.79 Å². The smallest absolute Gasteiger partial charge is 0.347 e. The van der Waals surface area contributed by atoms with Gasteiger partial charge < -0.3 is 30.2 Å². The topological polar surface area (TPSA) is 182 Å². The molecule has 0 aliphatic carbocycles. The Labute approximate surface area is 183 Å². The number of cyclic esters (lactones) is 1. The van der Waals surface area contributed by atoms with Gasteiger partial charge in [-0.2, -0.15) is 10.4 Å². The molecule has 2 saturated heterocycles. The molecule has 0 bridgehead atoms. The van der Waals surface area contributed by atoms with E-state index in [9.17, 15) is 14.9 Å². The maximum Gasteiger partial charge on any atom is 0.347 e. The van der Waals surface area contributed by atoms with Crippen LogP contribution in [0.2, 0.25) is 0 Å². The second-order valence-corrected chi connectivity index (χ2v) is 8.07. The summed E-state index contributed by atoms with van der Waals surface area (Å²) in [5.74, 6) is -2.23. The Balaban J connectivity index is 0.000000523. The number of nitrogens with two attached hydrogens (primary N) is 1. The number of carbonyl (C=O) groups is 2. The van der Waals surface area contributed by atoms with Crippen LogP contribution in [0, 0.1) is 11.3 Å². The third-order valence-corrected chi connectivity index (χ3v) is 4.82. The molecule has 4 N–H and O–H groups in total. The summed E-state index contributed by atoms with van der Waals surface area (Å²) in [6.45, 7) is 2.37. The number of esters is 2. The third-order valence-electron chi connectivity index (χ3n) is 4.82. The average Bonchev–Trinajstić information content (AvgIpc) is 3.43. The summed E-state index contributed by atoms with van der Waals surface area (Å²) in [6.07, 6.45) is 1.47. The molecule has 0 saturated carbocycles. The summed E-state index contributed by atoms with van der Waals surface area (Å²) in [5.41, 5.74) is 5.98. The lowest BCUT2D eigenvalue weighted by Crippen LogP contribution is -2.36. The summed E-state index contributed by atoms with van der Waals surface area (Å²) in [4.78, 5) is 27.1. The zero-order valence-corrected chi connectivity index (χ0v) is 17.7. The molecule has 0 radical (unpaired) electrons. The van der Waals surface area contributed by atoms with E-state index < -0.39 is 35.5 Å². The number of fused-ring (bicyclic) bond motifs is 1. The van der Waals surface area contributed by atoms with Gasteiger partial charge in [-0.15, -0.1) is 0 Å². The zero-order chi connectivity index (χ0) is 23.5. The van der Waals surface area contributed by atoms with Crippen molar-refractivity contribution in [3.05, 3.63) is 24.2 Å². The number of aliphatic hydroxyl groups is 2. The van der Waals surface area contributed by atoms with Crippen molar-refractivity contribution in [3.8, 4) is 6.07 Å². The fourth-order valence-corrected chi connectivity index (χ4v) is 3.37. The molecule has 172 valence electrons. The first kappa shape index (κ1) is 23.4. The molecule has 12 heteroatoms. The van der Waals surface area contributed by atoms with E-state index >= 15 is 0 Å². The van der Waals surface area contributed by atoms with Gasteiger partial charge in [0.05, 0.1) is 5.69 Å². The van der Waals surface area contributed by atoms with Gasteiger partial charge >= 0.3 is 11.9 Å². The second-order valence-electron chi connectivity index (χ2n) is 8.07. The predicted octanol–water partition coefficient (Wildman–Crippen LogP) is 0.381. The molecule has 0 unspecified atom stereocenters. The highest BCUT2D eigenvalue weighted by Crippen LogP contribution is 2.40. The standard InChI is InChI=1S/C17H17N5O5.C3H8O2/c18-7-17(8-25-16(24)13-3-4-14(23)26-13)6-5-12(27-17)10-1-2-11-15(19)20-9-21-22(10)11;1-3(2,4)5/h1-2,9,12-13H,3-6,8H2,(H2,19,20,21);4-5H,1-2H3/t12-,13-,17-;/m1./s1. The molecule has 3 atom stereocenters. The van der Waals surface area contributed by atoms with Gasteiger partial charge in [0.25, 0.3) is 0 Å². The van der Waals surface area contributed by atoms with E-state index in [1.54, 1.807) is 10.6 Å². The quantitative estimate of drug-likeness (QED) is 0.435. The van der Waals surface area contributed by atoms with Gasteiger partial charge in [-0.1, -0.05) is 0 Å². The van der Waals surface area contributed by atoms with E-state index in [1.165, 1.54) is 20.2 Å². The molecule has 2 aliphatic heterocycles. The molecule has 32 heavy (non-hydrogen) atoms. The van der Waals surface area contributed by atoms with Crippen molar-refractivity contribution in [2.45, 2.75) is 63.1 Å². The Morgan fingerprint density at radius 2 is 2.16 bits per heavy atom. The molecular weight excluding hydrogens is 422 g/mol. The predicted molar refractivity (Wildman–Crippen MR) is 107 cm³/mol. The van der Waals surface area contributed by atoms with Crippen LogP contribution in [0.1, 0.15) is 51.3 Å². The van der Waals surface area contributed by atoms with Crippen LogP contribution in [0.3, 0.4) is 0 Å². The van der Waals surface area contributed by atoms with Crippen LogP contribution in [0.25, 0.3) is 5.52 Å². The maximum atomic E-state index is 12.0. The van der Waals surface area contributed by atoms with Crippen LogP contribution in [-0.2, 0) is 23.8 Å². The molecule has 2 aromatic heterocycles. The molecule has 4 rings (SSSR count). The number of aromatic nitrogens is 3. The number of hydrogen-bond acceptors (Lipinski definition) is 11.